The van der Waals surface area contributed by atoms with Gasteiger partial charge in [0.05, 0.1) is 6.54 Å². The zero-order chi connectivity index (χ0) is 34.9. The number of piperazine rings is 1. The summed E-state index contributed by atoms with van der Waals surface area (Å²) in [5.74, 6) is -1.11. The second-order valence-electron chi connectivity index (χ2n) is 13.6. The summed E-state index contributed by atoms with van der Waals surface area (Å²) in [5, 5.41) is 6.13. The zero-order valence-electron chi connectivity index (χ0n) is 28.0. The number of likely N-dealkylation sites (tertiary alicyclic amines) is 1. The molecule has 0 saturated carbocycles. The van der Waals surface area contributed by atoms with Crippen LogP contribution in [0.5, 0.6) is 0 Å². The summed E-state index contributed by atoms with van der Waals surface area (Å²) in [4.78, 5) is 58.0. The maximum absolute atomic E-state index is 15.4. The average Bonchev–Trinajstić information content (AvgIpc) is 3.61. The van der Waals surface area contributed by atoms with Crippen LogP contribution in [-0.4, -0.2) is 93.8 Å². The second-order valence-corrected chi connectivity index (χ2v) is 13.6. The molecule has 3 aliphatic rings. The third kappa shape index (κ3) is 7.06. The number of aryl methyl sites for hydroxylation is 1. The molecule has 3 aliphatic heterocycles. The Morgan fingerprint density at radius 1 is 0.880 bits per heavy atom. The van der Waals surface area contributed by atoms with Crippen molar-refractivity contribution in [1.29, 1.82) is 0 Å². The molecule has 5 heterocycles. The Morgan fingerprint density at radius 2 is 1.62 bits per heavy atom. The number of benzene rings is 2. The van der Waals surface area contributed by atoms with Gasteiger partial charge in [-0.15, -0.1) is 0 Å². The number of hydrogen-bond acceptors (Lipinski definition) is 7. The summed E-state index contributed by atoms with van der Waals surface area (Å²) in [5.41, 5.74) is 2.98. The number of anilines is 1. The van der Waals surface area contributed by atoms with Crippen molar-refractivity contribution in [3.8, 4) is 11.1 Å². The third-order valence-electron chi connectivity index (χ3n) is 10.3. The van der Waals surface area contributed by atoms with Crippen LogP contribution in [-0.2, 0) is 28.0 Å². The Balaban J connectivity index is 0.872. The van der Waals surface area contributed by atoms with Crippen LogP contribution in [0.1, 0.15) is 42.7 Å². The van der Waals surface area contributed by atoms with Crippen LogP contribution in [0.3, 0.4) is 0 Å². The minimum atomic E-state index is -0.557. The monoisotopic (exact) mass is 685 g/mol. The minimum absolute atomic E-state index is 0.0851. The van der Waals surface area contributed by atoms with Crippen molar-refractivity contribution in [2.45, 2.75) is 44.2 Å². The quantitative estimate of drug-likeness (QED) is 0.243. The van der Waals surface area contributed by atoms with Gasteiger partial charge in [-0.2, -0.15) is 0 Å². The van der Waals surface area contributed by atoms with Crippen molar-refractivity contribution in [3.63, 3.8) is 0 Å². The van der Waals surface area contributed by atoms with E-state index in [1.165, 1.54) is 28.5 Å². The normalized spacial score (nSPS) is 19.6. The van der Waals surface area contributed by atoms with Gasteiger partial charge in [-0.25, -0.2) is 8.78 Å². The van der Waals surface area contributed by atoms with E-state index in [0.29, 0.717) is 67.9 Å². The number of rotatable bonds is 8. The molecule has 11 nitrogen and oxygen atoms in total. The SMILES string of the molecule is Cn1cc(-c2cc(F)c(CN3CCN(C(=O)CN4CCC(c5ccc(NC6CCC(=O)NC6=O)cc5)CC4)CC3)cc2F)c2cc[nH]c2c1=O. The van der Waals surface area contributed by atoms with Gasteiger partial charge in [0.25, 0.3) is 5.56 Å². The molecular formula is C37H41F2N7O4. The van der Waals surface area contributed by atoms with E-state index in [9.17, 15) is 19.2 Å². The molecule has 262 valence electrons. The van der Waals surface area contributed by atoms with E-state index in [1.807, 2.05) is 21.9 Å². The molecular weight excluding hydrogens is 644 g/mol. The molecule has 0 radical (unpaired) electrons. The maximum Gasteiger partial charge on any atom is 0.274 e. The fourth-order valence-electron chi connectivity index (χ4n) is 7.40. The highest BCUT2D eigenvalue weighted by Crippen LogP contribution is 2.32. The highest BCUT2D eigenvalue weighted by atomic mass is 19.1. The molecule has 0 bridgehead atoms. The average molecular weight is 686 g/mol. The highest BCUT2D eigenvalue weighted by Gasteiger charge is 2.28. The number of aromatic nitrogens is 2. The van der Waals surface area contributed by atoms with E-state index < -0.39 is 17.7 Å². The van der Waals surface area contributed by atoms with E-state index in [-0.39, 0.29) is 41.0 Å². The van der Waals surface area contributed by atoms with Crippen LogP contribution in [0.15, 0.2) is 59.7 Å². The molecule has 2 aromatic heterocycles. The summed E-state index contributed by atoms with van der Waals surface area (Å²) in [6.45, 7) is 4.43. The van der Waals surface area contributed by atoms with E-state index in [0.717, 1.165) is 31.6 Å². The van der Waals surface area contributed by atoms with Crippen molar-refractivity contribution in [2.75, 3.05) is 51.1 Å². The number of carbonyl (C=O) groups excluding carboxylic acids is 3. The minimum Gasteiger partial charge on any atom is -0.374 e. The van der Waals surface area contributed by atoms with Crippen LogP contribution in [0.4, 0.5) is 14.5 Å². The van der Waals surface area contributed by atoms with Crippen LogP contribution in [0.25, 0.3) is 22.0 Å². The zero-order valence-corrected chi connectivity index (χ0v) is 28.0. The van der Waals surface area contributed by atoms with E-state index in [2.05, 4.69) is 32.7 Å². The molecule has 1 atom stereocenters. The number of imide groups is 1. The molecule has 3 amide bonds. The van der Waals surface area contributed by atoms with Gasteiger partial charge in [0, 0.05) is 86.3 Å². The van der Waals surface area contributed by atoms with Gasteiger partial charge < -0.3 is 19.8 Å². The number of halogens is 2. The third-order valence-corrected chi connectivity index (χ3v) is 10.3. The summed E-state index contributed by atoms with van der Waals surface area (Å²) < 4.78 is 32.1. The summed E-state index contributed by atoms with van der Waals surface area (Å²) >= 11 is 0. The molecule has 3 saturated heterocycles. The van der Waals surface area contributed by atoms with Gasteiger partial charge in [0.2, 0.25) is 17.7 Å². The van der Waals surface area contributed by atoms with Crippen molar-refractivity contribution in [3.05, 3.63) is 88.0 Å². The van der Waals surface area contributed by atoms with Crippen LogP contribution in [0, 0.1) is 11.6 Å². The highest BCUT2D eigenvalue weighted by molar-refractivity contribution is 6.01. The topological polar surface area (TPSA) is 123 Å². The number of fused-ring (bicyclic) bond motifs is 1. The summed E-state index contributed by atoms with van der Waals surface area (Å²) in [6, 6.07) is 11.8. The lowest BCUT2D eigenvalue weighted by molar-refractivity contribution is -0.135. The Kier molecular flexibility index (Phi) is 9.52. The molecule has 0 spiro atoms. The molecule has 4 aromatic rings. The van der Waals surface area contributed by atoms with Crippen molar-refractivity contribution < 1.29 is 23.2 Å². The van der Waals surface area contributed by atoms with Crippen LogP contribution >= 0.6 is 0 Å². The Hall–Kier alpha value is -4.88. The molecule has 50 heavy (non-hydrogen) atoms. The maximum atomic E-state index is 15.4. The lowest BCUT2D eigenvalue weighted by atomic mass is 9.89. The van der Waals surface area contributed by atoms with E-state index >= 15 is 8.78 Å². The van der Waals surface area contributed by atoms with Gasteiger partial charge in [0.1, 0.15) is 23.2 Å². The smallest absolute Gasteiger partial charge is 0.274 e. The second kappa shape index (κ2) is 14.2. The molecule has 3 N–H and O–H groups in total. The number of pyridine rings is 1. The van der Waals surface area contributed by atoms with Gasteiger partial charge >= 0.3 is 0 Å². The number of nitrogens with one attached hydrogen (secondary N) is 3. The fraction of sp³-hybridized carbons (Fsp3) is 0.405. The van der Waals surface area contributed by atoms with Gasteiger partial charge in [-0.1, -0.05) is 12.1 Å². The first kappa shape index (κ1) is 33.6. The Bertz CT molecular complexity index is 1980. The number of H-pyrrole nitrogens is 1. The van der Waals surface area contributed by atoms with Crippen molar-refractivity contribution in [2.24, 2.45) is 7.05 Å². The Labute approximate surface area is 288 Å². The molecule has 13 heteroatoms. The Morgan fingerprint density at radius 3 is 2.34 bits per heavy atom. The number of amides is 3. The first-order chi connectivity index (χ1) is 24.1. The summed E-state index contributed by atoms with van der Waals surface area (Å²) in [7, 11) is 1.58. The number of piperidine rings is 2. The number of hydrogen-bond donors (Lipinski definition) is 3. The van der Waals surface area contributed by atoms with Gasteiger partial charge in [0.15, 0.2) is 0 Å². The van der Waals surface area contributed by atoms with Crippen LogP contribution in [0.2, 0.25) is 0 Å². The predicted octanol–water partition coefficient (Wildman–Crippen LogP) is 3.55. The van der Waals surface area contributed by atoms with Gasteiger partial charge in [-0.05, 0) is 74.2 Å². The standard InChI is InChI=1S/C37H41F2N7O4/c1-43-21-29(27-8-11-40-35(27)37(43)50)28-19-30(38)25(18-31(28)39)20-45-14-16-46(17-15-45)34(48)22-44-12-9-24(10-13-44)23-2-4-26(5-3-23)41-32-6-7-33(47)42-36(32)49/h2-5,8,11,18-19,21,24,32,40-41H,6-7,9-10,12-17,20,22H2,1H3,(H,42,47,49). The first-order valence-corrected chi connectivity index (χ1v) is 17.2. The molecule has 7 rings (SSSR count). The first-order valence-electron chi connectivity index (χ1n) is 17.2. The molecule has 0 aliphatic carbocycles. The number of carbonyl (C=O) groups is 3. The molecule has 3 fully saturated rings. The largest absolute Gasteiger partial charge is 0.374 e. The molecule has 2 aromatic carbocycles. The lowest BCUT2D eigenvalue weighted by Crippen LogP contribution is -2.51. The number of nitrogens with zero attached hydrogens (tertiary/aromatic N) is 4. The summed E-state index contributed by atoms with van der Waals surface area (Å²) in [6.07, 6.45) is 5.84. The van der Waals surface area contributed by atoms with Crippen molar-refractivity contribution in [1.82, 2.24) is 29.6 Å². The van der Waals surface area contributed by atoms with E-state index in [4.69, 9.17) is 0 Å². The van der Waals surface area contributed by atoms with Gasteiger partial charge in [-0.3, -0.25) is 34.3 Å². The predicted molar refractivity (Wildman–Crippen MR) is 185 cm³/mol. The van der Waals surface area contributed by atoms with Crippen molar-refractivity contribution >= 4 is 34.3 Å². The van der Waals surface area contributed by atoms with E-state index in [1.54, 1.807) is 19.3 Å². The fourth-order valence-corrected chi connectivity index (χ4v) is 7.40. The van der Waals surface area contributed by atoms with Crippen LogP contribution < -0.4 is 16.2 Å². The molecule has 1 unspecified atom stereocenters. The lowest BCUT2D eigenvalue weighted by Gasteiger charge is -2.37. The number of aromatic amines is 1.